The molecule has 286 valence electrons. The number of ether oxygens (including phenoxy) is 2. The molecule has 0 fully saturated rings. The number of para-hydroxylation sites is 1. The summed E-state index contributed by atoms with van der Waals surface area (Å²) in [6.45, 7) is 6.74. The number of esters is 1. The smallest absolute Gasteiger partial charge is 0.328 e. The first-order chi connectivity index (χ1) is 25.2. The Bertz CT molecular complexity index is 1620. The summed E-state index contributed by atoms with van der Waals surface area (Å²) in [5.74, 6) is -3.39. The van der Waals surface area contributed by atoms with Gasteiger partial charge in [0.25, 0.3) is 5.91 Å². The number of carbonyl (C=O) groups excluding carboxylic acids is 5. The van der Waals surface area contributed by atoms with Gasteiger partial charge in [0.05, 0.1) is 7.11 Å². The molecule has 0 saturated carbocycles. The summed E-state index contributed by atoms with van der Waals surface area (Å²) in [6, 6.07) is 22.8. The molecule has 3 unspecified atom stereocenters. The number of aliphatic hydroxyl groups is 1. The zero-order chi connectivity index (χ0) is 39.0. The van der Waals surface area contributed by atoms with E-state index in [0.717, 1.165) is 11.1 Å². The van der Waals surface area contributed by atoms with E-state index >= 15 is 0 Å². The van der Waals surface area contributed by atoms with E-state index < -0.39 is 59.4 Å². The Morgan fingerprint density at radius 2 is 1.40 bits per heavy atom. The highest BCUT2D eigenvalue weighted by molar-refractivity contribution is 5.94. The molecule has 0 aromatic heterocycles. The number of aliphatic hydroxyl groups excluding tert-OH is 1. The lowest BCUT2D eigenvalue weighted by molar-refractivity contribution is -0.146. The van der Waals surface area contributed by atoms with Crippen LogP contribution in [-0.2, 0) is 35.1 Å². The number of ketones is 1. The summed E-state index contributed by atoms with van der Waals surface area (Å²) < 4.78 is 10.5. The monoisotopic (exact) mass is 730 g/mol. The molecule has 0 aliphatic carbocycles. The lowest BCUT2D eigenvalue weighted by atomic mass is 9.79. The molecule has 0 radical (unpaired) electrons. The average Bonchev–Trinajstić information content (AvgIpc) is 3.14. The molecule has 6 N–H and O–H groups in total. The van der Waals surface area contributed by atoms with Crippen LogP contribution in [0.25, 0.3) is 0 Å². The van der Waals surface area contributed by atoms with Crippen molar-refractivity contribution in [2.24, 2.45) is 11.7 Å². The molecule has 12 heteroatoms. The number of nitrogens with two attached hydrogens (primary N) is 1. The van der Waals surface area contributed by atoms with Gasteiger partial charge in [0, 0.05) is 24.3 Å². The summed E-state index contributed by atoms with van der Waals surface area (Å²) >= 11 is 0. The van der Waals surface area contributed by atoms with Gasteiger partial charge in [-0.15, -0.1) is 0 Å². The van der Waals surface area contributed by atoms with Crippen molar-refractivity contribution in [1.82, 2.24) is 16.0 Å². The van der Waals surface area contributed by atoms with Gasteiger partial charge in [0.2, 0.25) is 11.8 Å². The van der Waals surface area contributed by atoms with Crippen molar-refractivity contribution in [3.8, 4) is 5.75 Å². The van der Waals surface area contributed by atoms with E-state index in [0.29, 0.717) is 18.6 Å². The molecule has 3 aromatic rings. The third kappa shape index (κ3) is 13.4. The molecule has 0 spiro atoms. The molecule has 0 heterocycles. The van der Waals surface area contributed by atoms with Gasteiger partial charge >= 0.3 is 5.97 Å². The van der Waals surface area contributed by atoms with Crippen molar-refractivity contribution in [1.29, 1.82) is 0 Å². The Labute approximate surface area is 312 Å². The zero-order valence-electron chi connectivity index (χ0n) is 31.2. The van der Waals surface area contributed by atoms with Gasteiger partial charge in [-0.05, 0) is 48.9 Å². The van der Waals surface area contributed by atoms with Crippen LogP contribution < -0.4 is 26.4 Å². The maximum atomic E-state index is 14.1. The maximum absolute atomic E-state index is 14.1. The third-order valence-corrected chi connectivity index (χ3v) is 8.85. The van der Waals surface area contributed by atoms with Gasteiger partial charge < -0.3 is 36.3 Å². The summed E-state index contributed by atoms with van der Waals surface area (Å²) in [5.41, 5.74) is 6.48. The van der Waals surface area contributed by atoms with Gasteiger partial charge in [0.1, 0.15) is 35.8 Å². The predicted octanol–water partition coefficient (Wildman–Crippen LogP) is 3.60. The first-order valence-corrected chi connectivity index (χ1v) is 18.0. The van der Waals surface area contributed by atoms with E-state index in [1.54, 1.807) is 54.6 Å². The van der Waals surface area contributed by atoms with Gasteiger partial charge in [-0.3, -0.25) is 19.2 Å². The van der Waals surface area contributed by atoms with Crippen LogP contribution in [0.1, 0.15) is 70.4 Å². The average molecular weight is 731 g/mol. The number of nitrogens with one attached hydrogen (secondary N) is 3. The Morgan fingerprint density at radius 3 is 1.96 bits per heavy atom. The van der Waals surface area contributed by atoms with Crippen molar-refractivity contribution >= 4 is 29.5 Å². The largest absolute Gasteiger partial charge is 0.484 e. The molecule has 3 amide bonds. The minimum atomic E-state index is -1.82. The first kappa shape index (κ1) is 42.3. The summed E-state index contributed by atoms with van der Waals surface area (Å²) in [5, 5.41) is 19.7. The predicted molar refractivity (Wildman–Crippen MR) is 202 cm³/mol. The topological polar surface area (TPSA) is 186 Å². The van der Waals surface area contributed by atoms with E-state index in [-0.39, 0.29) is 37.6 Å². The van der Waals surface area contributed by atoms with Crippen molar-refractivity contribution in [2.45, 2.75) is 95.5 Å². The SMILES string of the molecule is CCCC(C(=O)CC(C)(N)C(O)[C@H](NC(=O)[C@H](CC(C)C)NC(=O)COc1ccccc1)C(=O)N[C@@H](Cc1ccccc1)C(=O)OC)c1ccccc1. The summed E-state index contributed by atoms with van der Waals surface area (Å²) in [4.78, 5) is 67.7. The highest BCUT2D eigenvalue weighted by Crippen LogP contribution is 2.28. The lowest BCUT2D eigenvalue weighted by Gasteiger charge is -2.37. The third-order valence-electron chi connectivity index (χ3n) is 8.85. The van der Waals surface area contributed by atoms with Crippen molar-refractivity contribution in [3.63, 3.8) is 0 Å². The number of rotatable bonds is 21. The number of benzene rings is 3. The van der Waals surface area contributed by atoms with Gasteiger partial charge in [0.15, 0.2) is 6.61 Å². The van der Waals surface area contributed by atoms with Crippen LogP contribution in [0.4, 0.5) is 0 Å². The highest BCUT2D eigenvalue weighted by atomic mass is 16.5. The minimum absolute atomic E-state index is 0.0532. The van der Waals surface area contributed by atoms with Crippen molar-refractivity contribution in [3.05, 3.63) is 102 Å². The van der Waals surface area contributed by atoms with E-state index in [1.165, 1.54) is 14.0 Å². The number of methoxy groups -OCH3 is 1. The fraction of sp³-hybridized carbons (Fsp3) is 0.439. The van der Waals surface area contributed by atoms with Crippen LogP contribution >= 0.6 is 0 Å². The number of hydrogen-bond acceptors (Lipinski definition) is 9. The van der Waals surface area contributed by atoms with Gasteiger partial charge in [-0.25, -0.2) is 4.79 Å². The Balaban J connectivity index is 1.91. The van der Waals surface area contributed by atoms with Gasteiger partial charge in [-0.1, -0.05) is 106 Å². The fourth-order valence-corrected chi connectivity index (χ4v) is 6.06. The van der Waals surface area contributed by atoms with Crippen molar-refractivity contribution < 1.29 is 38.6 Å². The van der Waals surface area contributed by atoms with Crippen LogP contribution in [0, 0.1) is 5.92 Å². The molecule has 0 bridgehead atoms. The first-order valence-electron chi connectivity index (χ1n) is 18.0. The Hall–Kier alpha value is -5.07. The second-order valence-corrected chi connectivity index (χ2v) is 14.0. The molecule has 0 saturated heterocycles. The Kier molecular flexibility index (Phi) is 16.6. The van der Waals surface area contributed by atoms with Crippen LogP contribution in [-0.4, -0.2) is 78.1 Å². The zero-order valence-corrected chi connectivity index (χ0v) is 31.2. The van der Waals surface area contributed by atoms with Gasteiger partial charge in [-0.2, -0.15) is 0 Å². The normalized spacial score (nSPS) is 15.1. The van der Waals surface area contributed by atoms with Crippen LogP contribution in [0.2, 0.25) is 0 Å². The second-order valence-electron chi connectivity index (χ2n) is 14.0. The van der Waals surface area contributed by atoms with E-state index in [2.05, 4.69) is 16.0 Å². The standard InChI is InChI=1S/C41H54N4O8/c1-6-16-31(29-19-12-8-13-20-29)34(46)25-41(4,42)37(48)36(39(50)44-33(40(51)52-5)24-28-17-10-7-11-18-28)45-38(49)32(23-27(2)3)43-35(47)26-53-30-21-14-9-15-22-30/h7-15,17-22,27,31-33,36-37,48H,6,16,23-26,42H2,1-5H3,(H,43,47)(H,44,50)(H,45,49)/t31?,32-,33-,36-,37?,41?/m0/s1. The number of amides is 3. The van der Waals surface area contributed by atoms with Crippen LogP contribution in [0.15, 0.2) is 91.0 Å². The molecule has 3 aromatic carbocycles. The fourth-order valence-electron chi connectivity index (χ4n) is 6.06. The molecule has 3 rings (SSSR count). The number of carbonyl (C=O) groups is 5. The lowest BCUT2D eigenvalue weighted by Crippen LogP contribution is -2.66. The molecular weight excluding hydrogens is 676 g/mol. The molecule has 53 heavy (non-hydrogen) atoms. The molecule has 0 aliphatic heterocycles. The molecular formula is C41H54N4O8. The van der Waals surface area contributed by atoms with Crippen LogP contribution in [0.3, 0.4) is 0 Å². The molecule has 6 atom stereocenters. The van der Waals surface area contributed by atoms with E-state index in [1.807, 2.05) is 57.2 Å². The second kappa shape index (κ2) is 20.8. The van der Waals surface area contributed by atoms with Crippen molar-refractivity contribution in [2.75, 3.05) is 13.7 Å². The van der Waals surface area contributed by atoms with E-state index in [4.69, 9.17) is 15.2 Å². The Morgan fingerprint density at radius 1 is 0.811 bits per heavy atom. The maximum Gasteiger partial charge on any atom is 0.328 e. The van der Waals surface area contributed by atoms with Crippen LogP contribution in [0.5, 0.6) is 5.75 Å². The summed E-state index contributed by atoms with van der Waals surface area (Å²) in [7, 11) is 1.18. The number of hydrogen-bond donors (Lipinski definition) is 5. The minimum Gasteiger partial charge on any atom is -0.484 e. The quantitative estimate of drug-likeness (QED) is 0.102. The van der Waals surface area contributed by atoms with E-state index in [9.17, 15) is 29.1 Å². The highest BCUT2D eigenvalue weighted by Gasteiger charge is 2.43. The summed E-state index contributed by atoms with van der Waals surface area (Å²) in [6.07, 6.45) is -0.661. The molecule has 0 aliphatic rings. The number of Topliss-reactive ketones (excluding diaryl/α,β-unsaturated/α-hetero) is 1. The molecule has 12 nitrogen and oxygen atoms in total.